The highest BCUT2D eigenvalue weighted by molar-refractivity contribution is 8.00. The fraction of sp³-hybridized carbons (Fsp3) is 0.393. The first-order chi connectivity index (χ1) is 19.0. The minimum Gasteiger partial charge on any atom is -0.478 e. The summed E-state index contributed by atoms with van der Waals surface area (Å²) in [4.78, 5) is 35.2. The molecule has 0 bridgehead atoms. The summed E-state index contributed by atoms with van der Waals surface area (Å²) in [7, 11) is 2.21. The number of hydrogen-bond acceptors (Lipinski definition) is 9. The molecule has 3 unspecified atom stereocenters. The Morgan fingerprint density at radius 3 is 2.08 bits per heavy atom. The summed E-state index contributed by atoms with van der Waals surface area (Å²) in [5.74, 6) is -3.12. The van der Waals surface area contributed by atoms with Crippen LogP contribution in [0.15, 0.2) is 71.7 Å². The second-order valence-electron chi connectivity index (χ2n) is 9.26. The Kier molecular flexibility index (Phi) is 13.8. The number of carbonyl (C=O) groups is 3. The zero-order chi connectivity index (χ0) is 29.7. The van der Waals surface area contributed by atoms with E-state index >= 15 is 0 Å². The number of aliphatic carboxylic acids is 3. The average molecular weight is 577 g/mol. The number of hydrogen-bond donors (Lipinski definition) is 6. The maximum Gasteiger partial charge on any atom is 0.328 e. The van der Waals surface area contributed by atoms with Gasteiger partial charge in [-0.3, -0.25) is 4.90 Å². The molecular formula is C28H36N2O9S. The van der Waals surface area contributed by atoms with Crippen molar-refractivity contribution < 1.29 is 45.0 Å². The molecule has 3 aliphatic rings. The predicted octanol–water partition coefficient (Wildman–Crippen LogP) is 1.72. The first-order valence-electron chi connectivity index (χ1n) is 12.6. The van der Waals surface area contributed by atoms with Crippen molar-refractivity contribution in [2.45, 2.75) is 35.5 Å². The fourth-order valence-corrected chi connectivity index (χ4v) is 5.67. The van der Waals surface area contributed by atoms with Crippen molar-refractivity contribution >= 4 is 29.7 Å². The third kappa shape index (κ3) is 11.5. The maximum atomic E-state index is 9.60. The summed E-state index contributed by atoms with van der Waals surface area (Å²) in [5, 5.41) is 49.6. The number of aliphatic hydroxyl groups is 3. The van der Waals surface area contributed by atoms with Gasteiger partial charge in [-0.25, -0.2) is 14.4 Å². The number of carboxylic acid groups (broad SMARTS) is 3. The molecule has 0 radical (unpaired) electrons. The molecule has 11 nitrogen and oxygen atoms in total. The van der Waals surface area contributed by atoms with Crippen molar-refractivity contribution in [1.82, 2.24) is 9.80 Å². The number of likely N-dealkylation sites (N-methyl/N-ethyl adjacent to an activating group) is 1. The van der Waals surface area contributed by atoms with Crippen LogP contribution in [0, 0.1) is 5.92 Å². The van der Waals surface area contributed by atoms with Crippen molar-refractivity contribution in [3.8, 4) is 0 Å². The van der Waals surface area contributed by atoms with Crippen molar-refractivity contribution in [2.24, 2.45) is 5.92 Å². The zero-order valence-electron chi connectivity index (χ0n) is 22.1. The van der Waals surface area contributed by atoms with Gasteiger partial charge in [0.25, 0.3) is 0 Å². The molecule has 1 fully saturated rings. The van der Waals surface area contributed by atoms with Gasteiger partial charge >= 0.3 is 17.9 Å². The second-order valence-corrected chi connectivity index (χ2v) is 10.5. The quantitative estimate of drug-likeness (QED) is 0.214. The number of aliphatic hydroxyl groups excluding tert-OH is 2. The van der Waals surface area contributed by atoms with Crippen LogP contribution < -0.4 is 0 Å². The number of nitrogens with zero attached hydrogens (tertiary/aromatic N) is 2. The van der Waals surface area contributed by atoms with Gasteiger partial charge in [-0.2, -0.15) is 0 Å². The van der Waals surface area contributed by atoms with Crippen molar-refractivity contribution in [2.75, 3.05) is 33.2 Å². The topological polar surface area (TPSA) is 179 Å². The zero-order valence-corrected chi connectivity index (χ0v) is 22.9. The van der Waals surface area contributed by atoms with Crippen LogP contribution in [0.4, 0.5) is 0 Å². The first-order valence-corrected chi connectivity index (χ1v) is 13.5. The summed E-state index contributed by atoms with van der Waals surface area (Å²) < 4.78 is 0. The highest BCUT2D eigenvalue weighted by Crippen LogP contribution is 2.46. The highest BCUT2D eigenvalue weighted by atomic mass is 32.2. The smallest absolute Gasteiger partial charge is 0.328 e. The number of thioether (sulfide) groups is 1. The van der Waals surface area contributed by atoms with Gasteiger partial charge in [-0.1, -0.05) is 36.4 Å². The molecule has 1 aromatic rings. The van der Waals surface area contributed by atoms with Crippen LogP contribution in [-0.4, -0.2) is 103 Å². The number of carboxylic acids is 3. The number of piperazine rings is 1. The highest BCUT2D eigenvalue weighted by Gasteiger charge is 2.34. The van der Waals surface area contributed by atoms with Gasteiger partial charge in [0.05, 0.1) is 6.61 Å². The lowest BCUT2D eigenvalue weighted by molar-refractivity contribution is -0.134. The summed E-state index contributed by atoms with van der Waals surface area (Å²) in [5.41, 5.74) is 2.46. The van der Waals surface area contributed by atoms with E-state index in [0.717, 1.165) is 37.8 Å². The van der Waals surface area contributed by atoms with Gasteiger partial charge in [0.2, 0.25) is 0 Å². The lowest BCUT2D eigenvalue weighted by atomic mass is 9.88. The number of rotatable bonds is 6. The van der Waals surface area contributed by atoms with Gasteiger partial charge in [-0.05, 0) is 42.7 Å². The van der Waals surface area contributed by atoms with Crippen molar-refractivity contribution in [3.63, 3.8) is 0 Å². The van der Waals surface area contributed by atoms with E-state index in [2.05, 4.69) is 59.4 Å². The average Bonchev–Trinajstić information content (AvgIpc) is 3.08. The third-order valence-electron chi connectivity index (χ3n) is 6.32. The second kappa shape index (κ2) is 16.8. The van der Waals surface area contributed by atoms with Crippen LogP contribution >= 0.6 is 11.8 Å². The molecule has 12 heteroatoms. The van der Waals surface area contributed by atoms with E-state index in [-0.39, 0.29) is 6.61 Å². The summed E-state index contributed by atoms with van der Waals surface area (Å²) in [6.45, 7) is 4.67. The molecule has 0 saturated carbocycles. The Hall–Kier alpha value is -3.26. The van der Waals surface area contributed by atoms with E-state index in [9.17, 15) is 19.5 Å². The lowest BCUT2D eigenvalue weighted by Gasteiger charge is -2.39. The van der Waals surface area contributed by atoms with E-state index in [1.165, 1.54) is 16.9 Å². The molecule has 4 rings (SSSR count). The van der Waals surface area contributed by atoms with Gasteiger partial charge < -0.3 is 35.5 Å². The minimum atomic E-state index is -1.67. The third-order valence-corrected chi connectivity index (χ3v) is 7.73. The molecule has 1 saturated heterocycles. The van der Waals surface area contributed by atoms with Crippen LogP contribution in [0.3, 0.4) is 0 Å². The Morgan fingerprint density at radius 1 is 0.950 bits per heavy atom. The van der Waals surface area contributed by atoms with Gasteiger partial charge in [0.15, 0.2) is 6.29 Å². The maximum absolute atomic E-state index is 9.60. The number of benzene rings is 1. The van der Waals surface area contributed by atoms with Gasteiger partial charge in [0.1, 0.15) is 0 Å². The Bertz CT molecular complexity index is 1110. The predicted molar refractivity (Wildman–Crippen MR) is 150 cm³/mol. The SMILES string of the molecule is CN1CCN(C2CC3C=CC=CC3Sc3ccc(CO)cc32)CC1.O=C(O)/C=C\C(=O)O.O=C(O)/C=C\C(O)O. The standard InChI is InChI=1S/C20H26N2OS.C4H6O4.C4H4O4/c1-21-8-10-22(11-9-21)18-13-16-4-2-3-5-19(16)24-20-7-6-15(14-23)12-17(18)20;2*5-3(6)1-2-4(7)8/h2-7,12,16,18-19,23H,8-11,13-14H2,1H3;1-3,5-6H,(H,7,8);1-2H,(H,5,6)(H,7,8)/b;2*2-1-. The van der Waals surface area contributed by atoms with Crippen LogP contribution in [-0.2, 0) is 21.0 Å². The van der Waals surface area contributed by atoms with Crippen LogP contribution in [0.1, 0.15) is 23.6 Å². The molecule has 218 valence electrons. The Morgan fingerprint density at radius 2 is 1.55 bits per heavy atom. The molecule has 0 amide bonds. The summed E-state index contributed by atoms with van der Waals surface area (Å²) in [6.07, 6.45) is 11.2. The van der Waals surface area contributed by atoms with Crippen LogP contribution in [0.25, 0.3) is 0 Å². The van der Waals surface area contributed by atoms with E-state index in [4.69, 9.17) is 25.5 Å². The van der Waals surface area contributed by atoms with Crippen LogP contribution in [0.5, 0.6) is 0 Å². The Labute approximate surface area is 237 Å². The molecule has 1 aliphatic carbocycles. The normalized spacial score (nSPS) is 22.5. The number of allylic oxidation sites excluding steroid dienone is 3. The fourth-order valence-electron chi connectivity index (χ4n) is 4.36. The molecular weight excluding hydrogens is 540 g/mol. The van der Waals surface area contributed by atoms with Crippen molar-refractivity contribution in [3.05, 3.63) is 77.9 Å². The first kappa shape index (κ1) is 32.9. The Balaban J connectivity index is 0.000000290. The molecule has 0 aromatic heterocycles. The molecule has 6 N–H and O–H groups in total. The molecule has 1 aromatic carbocycles. The van der Waals surface area contributed by atoms with Crippen molar-refractivity contribution in [1.29, 1.82) is 0 Å². The van der Waals surface area contributed by atoms with E-state index in [1.807, 2.05) is 11.8 Å². The molecule has 2 heterocycles. The minimum absolute atomic E-state index is 0.125. The van der Waals surface area contributed by atoms with E-state index in [1.54, 1.807) is 0 Å². The van der Waals surface area contributed by atoms with E-state index in [0.29, 0.717) is 35.4 Å². The molecule has 2 aliphatic heterocycles. The summed E-state index contributed by atoms with van der Waals surface area (Å²) in [6, 6.07) is 7.01. The largest absolute Gasteiger partial charge is 0.478 e. The van der Waals surface area contributed by atoms with Crippen LogP contribution in [0.2, 0.25) is 0 Å². The molecule has 0 spiro atoms. The summed E-state index contributed by atoms with van der Waals surface area (Å²) >= 11 is 1.99. The lowest BCUT2D eigenvalue weighted by Crippen LogP contribution is -2.46. The van der Waals surface area contributed by atoms with E-state index < -0.39 is 24.2 Å². The number of fused-ring (bicyclic) bond motifs is 2. The van der Waals surface area contributed by atoms with Gasteiger partial charge in [0, 0.05) is 60.6 Å². The molecule has 3 atom stereocenters. The van der Waals surface area contributed by atoms with Gasteiger partial charge in [-0.15, -0.1) is 11.8 Å². The monoisotopic (exact) mass is 576 g/mol. The molecule has 40 heavy (non-hydrogen) atoms.